The second kappa shape index (κ2) is 8.14. The Morgan fingerprint density at radius 1 is 1.44 bits per heavy atom. The molecule has 0 atom stereocenters. The molecule has 9 heavy (non-hydrogen) atoms. The van der Waals surface area contributed by atoms with Crippen LogP contribution in [0.2, 0.25) is 0 Å². The summed E-state index contributed by atoms with van der Waals surface area (Å²) in [5.74, 6) is -0.914. The van der Waals surface area contributed by atoms with Gasteiger partial charge in [0.25, 0.3) is 0 Å². The van der Waals surface area contributed by atoms with E-state index in [0.29, 0.717) is 0 Å². The molecule has 0 fully saturated rings. The molecule has 0 aliphatic carbocycles. The Kier molecular flexibility index (Phi) is 10.8. The molecule has 0 bridgehead atoms. The Hall–Kier alpha value is 0.145. The molecule has 1 radical (unpaired) electrons. The van der Waals surface area contributed by atoms with Gasteiger partial charge in [0.05, 0.1) is 0 Å². The smallest absolute Gasteiger partial charge is 0.328 e. The quantitative estimate of drug-likeness (QED) is 0.591. The third kappa shape index (κ3) is 11.6. The Balaban J connectivity index is 0. The Bertz CT molecular complexity index is 127. The second-order valence-electron chi connectivity index (χ2n) is 1.22. The average Bonchev–Trinajstić information content (AvgIpc) is 1.66. The van der Waals surface area contributed by atoms with Crippen LogP contribution in [0.5, 0.6) is 0 Å². The maximum absolute atomic E-state index is 9.75. The summed E-state index contributed by atoms with van der Waals surface area (Å²) in [5, 5.41) is 8.02. The molecule has 0 spiro atoms. The van der Waals surface area contributed by atoms with Crippen molar-refractivity contribution in [1.82, 2.24) is 0 Å². The van der Waals surface area contributed by atoms with Crippen LogP contribution in [-0.2, 0) is 4.79 Å². The van der Waals surface area contributed by atoms with Crippen molar-refractivity contribution < 1.29 is 45.5 Å². The van der Waals surface area contributed by atoms with E-state index < -0.39 is 5.97 Å². The third-order valence-corrected chi connectivity index (χ3v) is 0.542. The van der Waals surface area contributed by atoms with E-state index in [1.165, 1.54) is 6.08 Å². The van der Waals surface area contributed by atoms with Gasteiger partial charge in [0.2, 0.25) is 0 Å². The first-order valence-corrected chi connectivity index (χ1v) is 2.29. The standard InChI is InChI=1S/C6H8O2.La/c1-2-3-4-5-6(7)8;/h2-5H,1H3,(H,7,8);. The third-order valence-electron chi connectivity index (χ3n) is 0.542. The van der Waals surface area contributed by atoms with Gasteiger partial charge >= 0.3 is 5.97 Å². The van der Waals surface area contributed by atoms with Gasteiger partial charge in [0.1, 0.15) is 0 Å². The van der Waals surface area contributed by atoms with E-state index in [9.17, 15) is 4.79 Å². The van der Waals surface area contributed by atoms with Crippen LogP contribution >= 0.6 is 0 Å². The molecule has 0 aromatic heterocycles. The van der Waals surface area contributed by atoms with Crippen LogP contribution in [0.15, 0.2) is 24.3 Å². The van der Waals surface area contributed by atoms with Crippen LogP contribution < -0.4 is 0 Å². The van der Waals surface area contributed by atoms with Gasteiger partial charge in [-0.1, -0.05) is 18.2 Å². The van der Waals surface area contributed by atoms with Crippen molar-refractivity contribution in [3.05, 3.63) is 24.3 Å². The van der Waals surface area contributed by atoms with Crippen molar-refractivity contribution in [1.29, 1.82) is 0 Å². The number of rotatable bonds is 2. The summed E-state index contributed by atoms with van der Waals surface area (Å²) >= 11 is 0. The summed E-state index contributed by atoms with van der Waals surface area (Å²) in [7, 11) is 0. The Morgan fingerprint density at radius 2 is 2.00 bits per heavy atom. The van der Waals surface area contributed by atoms with Crippen LogP contribution in [0, 0.1) is 35.6 Å². The van der Waals surface area contributed by atoms with Crippen LogP contribution in [-0.4, -0.2) is 11.1 Å². The molecule has 0 aromatic rings. The van der Waals surface area contributed by atoms with Gasteiger partial charge in [0, 0.05) is 41.7 Å². The van der Waals surface area contributed by atoms with Crippen LogP contribution in [0.4, 0.5) is 0 Å². The van der Waals surface area contributed by atoms with Crippen LogP contribution in [0.3, 0.4) is 0 Å². The molecule has 0 aliphatic rings. The molecule has 47 valence electrons. The van der Waals surface area contributed by atoms with Gasteiger partial charge < -0.3 is 5.11 Å². The summed E-state index contributed by atoms with van der Waals surface area (Å²) in [6.45, 7) is 1.83. The van der Waals surface area contributed by atoms with Crippen molar-refractivity contribution in [2.45, 2.75) is 6.92 Å². The van der Waals surface area contributed by atoms with Gasteiger partial charge in [-0.3, -0.25) is 0 Å². The predicted molar refractivity (Wildman–Crippen MR) is 31.6 cm³/mol. The zero-order valence-electron chi connectivity index (χ0n) is 5.24. The van der Waals surface area contributed by atoms with Crippen molar-refractivity contribution in [2.75, 3.05) is 0 Å². The molecule has 3 heteroatoms. The molecule has 2 nitrogen and oxygen atoms in total. The summed E-state index contributed by atoms with van der Waals surface area (Å²) in [4.78, 5) is 9.75. The van der Waals surface area contributed by atoms with Gasteiger partial charge in [-0.2, -0.15) is 0 Å². The normalized spacial score (nSPS) is 9.89. The molecule has 0 saturated carbocycles. The topological polar surface area (TPSA) is 37.3 Å². The number of carboxylic acids is 1. The first-order valence-electron chi connectivity index (χ1n) is 2.29. The number of hydrogen-bond donors (Lipinski definition) is 1. The van der Waals surface area contributed by atoms with Crippen molar-refractivity contribution in [2.24, 2.45) is 0 Å². The fourth-order valence-corrected chi connectivity index (χ4v) is 0.249. The van der Waals surface area contributed by atoms with Gasteiger partial charge in [-0.05, 0) is 6.92 Å². The minimum absolute atomic E-state index is 0. The van der Waals surface area contributed by atoms with Gasteiger partial charge in [0.15, 0.2) is 0 Å². The minimum Gasteiger partial charge on any atom is -0.478 e. The molecule has 0 aromatic carbocycles. The van der Waals surface area contributed by atoms with Gasteiger partial charge in [-0.25, -0.2) is 4.79 Å². The van der Waals surface area contributed by atoms with Crippen LogP contribution in [0.1, 0.15) is 6.92 Å². The van der Waals surface area contributed by atoms with Gasteiger partial charge in [-0.15, -0.1) is 0 Å². The second-order valence-corrected chi connectivity index (χ2v) is 1.22. The van der Waals surface area contributed by atoms with E-state index in [-0.39, 0.29) is 35.6 Å². The zero-order chi connectivity index (χ0) is 6.41. The van der Waals surface area contributed by atoms with E-state index in [0.717, 1.165) is 6.08 Å². The molecular weight excluding hydrogens is 243 g/mol. The van der Waals surface area contributed by atoms with E-state index >= 15 is 0 Å². The summed E-state index contributed by atoms with van der Waals surface area (Å²) < 4.78 is 0. The Morgan fingerprint density at radius 3 is 2.33 bits per heavy atom. The molecule has 0 saturated heterocycles. The maximum Gasteiger partial charge on any atom is 0.328 e. The summed E-state index contributed by atoms with van der Waals surface area (Å²) in [5.41, 5.74) is 0. The molecule has 0 rings (SSSR count). The minimum atomic E-state index is -0.914. The number of carboxylic acid groups (broad SMARTS) is 1. The molecule has 0 heterocycles. The molecule has 0 aliphatic heterocycles. The summed E-state index contributed by atoms with van der Waals surface area (Å²) in [6.07, 6.45) is 5.98. The SMILES string of the molecule is CC=CC=CC(=O)O.[La]. The first kappa shape index (κ1) is 11.9. The van der Waals surface area contributed by atoms with E-state index in [2.05, 4.69) is 0 Å². The van der Waals surface area contributed by atoms with Crippen LogP contribution in [0.25, 0.3) is 0 Å². The molecular formula is C6H8LaO2. The predicted octanol–water partition coefficient (Wildman–Crippen LogP) is 1.20. The first-order chi connectivity index (χ1) is 3.77. The van der Waals surface area contributed by atoms with Crippen molar-refractivity contribution in [3.63, 3.8) is 0 Å². The average molecular weight is 251 g/mol. The Labute approximate surface area is 82.2 Å². The summed E-state index contributed by atoms with van der Waals surface area (Å²) in [6, 6.07) is 0. The number of hydrogen-bond acceptors (Lipinski definition) is 1. The largest absolute Gasteiger partial charge is 0.478 e. The molecule has 1 N–H and O–H groups in total. The monoisotopic (exact) mass is 251 g/mol. The van der Waals surface area contributed by atoms with Crippen molar-refractivity contribution in [3.8, 4) is 0 Å². The molecule has 0 unspecified atom stereocenters. The number of carbonyl (C=O) groups is 1. The fourth-order valence-electron chi connectivity index (χ4n) is 0.249. The van der Waals surface area contributed by atoms with E-state index in [1.807, 2.05) is 6.92 Å². The molecule has 0 amide bonds. The number of allylic oxidation sites excluding steroid dienone is 3. The van der Waals surface area contributed by atoms with Crippen molar-refractivity contribution >= 4 is 5.97 Å². The van der Waals surface area contributed by atoms with E-state index in [1.54, 1.807) is 12.2 Å². The fraction of sp³-hybridized carbons (Fsp3) is 0.167. The zero-order valence-corrected chi connectivity index (χ0v) is 8.87. The maximum atomic E-state index is 9.75. The van der Waals surface area contributed by atoms with E-state index in [4.69, 9.17) is 5.11 Å². The number of aliphatic carboxylic acids is 1.